The van der Waals surface area contributed by atoms with Crippen molar-refractivity contribution >= 4 is 5.91 Å². The number of amides is 1. The molecule has 0 bridgehead atoms. The first-order valence-corrected chi connectivity index (χ1v) is 7.00. The Kier molecular flexibility index (Phi) is 5.98. The maximum Gasteiger partial charge on any atom is 0.251 e. The number of carbonyl (C=O) groups excluding carboxylic acids is 1. The van der Waals surface area contributed by atoms with Crippen LogP contribution in [0.5, 0.6) is 0 Å². The van der Waals surface area contributed by atoms with Crippen LogP contribution in [0.1, 0.15) is 22.3 Å². The number of hydrogen-bond acceptors (Lipinski definition) is 4. The van der Waals surface area contributed by atoms with Gasteiger partial charge >= 0.3 is 0 Å². The Morgan fingerprint density at radius 3 is 2.80 bits per heavy atom. The van der Waals surface area contributed by atoms with E-state index >= 15 is 0 Å². The summed E-state index contributed by atoms with van der Waals surface area (Å²) in [7, 11) is 0. The molecule has 1 aromatic rings. The Balaban J connectivity index is 1.58. The van der Waals surface area contributed by atoms with Gasteiger partial charge in [0.1, 0.15) is 6.79 Å². The van der Waals surface area contributed by atoms with Crippen molar-refractivity contribution < 1.29 is 14.3 Å². The van der Waals surface area contributed by atoms with Crippen molar-refractivity contribution in [1.29, 1.82) is 0 Å². The first-order valence-electron chi connectivity index (χ1n) is 7.00. The molecule has 1 fully saturated rings. The number of aryl methyl sites for hydroxylation is 1. The van der Waals surface area contributed by atoms with Gasteiger partial charge in [0.25, 0.3) is 5.91 Å². The minimum absolute atomic E-state index is 0.0332. The van der Waals surface area contributed by atoms with Gasteiger partial charge in [0.05, 0.1) is 12.7 Å². The fourth-order valence-electron chi connectivity index (χ4n) is 2.00. The van der Waals surface area contributed by atoms with Gasteiger partial charge in [-0.3, -0.25) is 4.79 Å². The molecule has 0 radical (unpaired) electrons. The highest BCUT2D eigenvalue weighted by Gasteiger charge is 2.13. The van der Waals surface area contributed by atoms with Crippen LogP contribution in [0.25, 0.3) is 0 Å². The zero-order chi connectivity index (χ0) is 14.2. The molecule has 0 saturated carbocycles. The Morgan fingerprint density at radius 1 is 1.30 bits per heavy atom. The predicted octanol–water partition coefficient (Wildman–Crippen LogP) is 1.08. The highest BCUT2D eigenvalue weighted by Crippen LogP contribution is 2.04. The van der Waals surface area contributed by atoms with E-state index in [1.807, 2.05) is 31.2 Å². The molecule has 1 unspecified atom stereocenters. The quantitative estimate of drug-likeness (QED) is 0.764. The third-order valence-corrected chi connectivity index (χ3v) is 3.24. The molecular weight excluding hydrogens is 256 g/mol. The van der Waals surface area contributed by atoms with E-state index in [9.17, 15) is 4.79 Å². The topological polar surface area (TPSA) is 59.6 Å². The summed E-state index contributed by atoms with van der Waals surface area (Å²) in [6, 6.07) is 7.56. The Labute approximate surface area is 119 Å². The second kappa shape index (κ2) is 7.99. The van der Waals surface area contributed by atoms with Crippen LogP contribution in [0, 0.1) is 6.92 Å². The second-order valence-electron chi connectivity index (χ2n) is 4.93. The van der Waals surface area contributed by atoms with E-state index in [-0.39, 0.29) is 12.0 Å². The average Bonchev–Trinajstić information content (AvgIpc) is 2.48. The molecule has 110 valence electrons. The molecule has 1 atom stereocenters. The molecule has 0 spiro atoms. The Hall–Kier alpha value is -1.43. The number of hydrogen-bond donors (Lipinski definition) is 2. The SMILES string of the molecule is Cc1ccc(C(=O)NCCNCC2CCOCO2)cc1. The third-order valence-electron chi connectivity index (χ3n) is 3.24. The number of benzene rings is 1. The molecule has 5 heteroatoms. The Bertz CT molecular complexity index is 414. The van der Waals surface area contributed by atoms with E-state index in [1.165, 1.54) is 0 Å². The molecule has 20 heavy (non-hydrogen) atoms. The number of carbonyl (C=O) groups is 1. The summed E-state index contributed by atoms with van der Waals surface area (Å²) in [6.45, 7) is 5.29. The largest absolute Gasteiger partial charge is 0.355 e. The Morgan fingerprint density at radius 2 is 2.10 bits per heavy atom. The maximum atomic E-state index is 11.8. The van der Waals surface area contributed by atoms with E-state index < -0.39 is 0 Å². The minimum Gasteiger partial charge on any atom is -0.355 e. The van der Waals surface area contributed by atoms with Crippen LogP contribution < -0.4 is 10.6 Å². The standard InChI is InChI=1S/C15H22N2O3/c1-12-2-4-13(5-3-12)15(18)17-8-7-16-10-14-6-9-19-11-20-14/h2-5,14,16H,6-11H2,1H3,(H,17,18). The monoisotopic (exact) mass is 278 g/mol. The zero-order valence-electron chi connectivity index (χ0n) is 11.9. The molecule has 0 aromatic heterocycles. The summed E-state index contributed by atoms with van der Waals surface area (Å²) in [5, 5.41) is 6.16. The van der Waals surface area contributed by atoms with Gasteiger partial charge in [0.2, 0.25) is 0 Å². The summed E-state index contributed by atoms with van der Waals surface area (Å²) in [5.74, 6) is -0.0332. The van der Waals surface area contributed by atoms with Crippen molar-refractivity contribution in [2.24, 2.45) is 0 Å². The van der Waals surface area contributed by atoms with Crippen molar-refractivity contribution in [3.63, 3.8) is 0 Å². The average molecular weight is 278 g/mol. The van der Waals surface area contributed by atoms with Crippen LogP contribution in [0.4, 0.5) is 0 Å². The molecule has 1 aliphatic rings. The van der Waals surface area contributed by atoms with Crippen molar-refractivity contribution in [3.05, 3.63) is 35.4 Å². The normalized spacial score (nSPS) is 18.8. The summed E-state index contributed by atoms with van der Waals surface area (Å²) in [6.07, 6.45) is 1.14. The van der Waals surface area contributed by atoms with Gasteiger partial charge in [-0.1, -0.05) is 17.7 Å². The van der Waals surface area contributed by atoms with Crippen LogP contribution in [-0.4, -0.2) is 45.0 Å². The van der Waals surface area contributed by atoms with Crippen molar-refractivity contribution in [2.45, 2.75) is 19.4 Å². The summed E-state index contributed by atoms with van der Waals surface area (Å²) >= 11 is 0. The summed E-state index contributed by atoms with van der Waals surface area (Å²) in [5.41, 5.74) is 1.85. The maximum absolute atomic E-state index is 11.8. The van der Waals surface area contributed by atoms with Crippen LogP contribution in [0.2, 0.25) is 0 Å². The number of rotatable bonds is 6. The highest BCUT2D eigenvalue weighted by atomic mass is 16.7. The first-order chi connectivity index (χ1) is 9.75. The van der Waals surface area contributed by atoms with Gasteiger partial charge in [-0.2, -0.15) is 0 Å². The first kappa shape index (κ1) is 15.0. The van der Waals surface area contributed by atoms with Gasteiger partial charge in [-0.25, -0.2) is 0 Å². The lowest BCUT2D eigenvalue weighted by Crippen LogP contribution is -2.38. The highest BCUT2D eigenvalue weighted by molar-refractivity contribution is 5.94. The zero-order valence-corrected chi connectivity index (χ0v) is 11.9. The van der Waals surface area contributed by atoms with Crippen LogP contribution in [0.3, 0.4) is 0 Å². The molecular formula is C15H22N2O3. The fraction of sp³-hybridized carbons (Fsp3) is 0.533. The molecule has 2 N–H and O–H groups in total. The van der Waals surface area contributed by atoms with Gasteiger partial charge in [0.15, 0.2) is 0 Å². The molecule has 1 aromatic carbocycles. The molecule has 0 aliphatic carbocycles. The van der Waals surface area contributed by atoms with Gasteiger partial charge < -0.3 is 20.1 Å². The van der Waals surface area contributed by atoms with Crippen LogP contribution in [0.15, 0.2) is 24.3 Å². The van der Waals surface area contributed by atoms with Crippen molar-refractivity contribution in [2.75, 3.05) is 33.0 Å². The molecule has 1 heterocycles. The van der Waals surface area contributed by atoms with E-state index in [2.05, 4.69) is 10.6 Å². The second-order valence-corrected chi connectivity index (χ2v) is 4.93. The van der Waals surface area contributed by atoms with E-state index in [1.54, 1.807) is 0 Å². The molecule has 5 nitrogen and oxygen atoms in total. The lowest BCUT2D eigenvalue weighted by Gasteiger charge is -2.22. The summed E-state index contributed by atoms with van der Waals surface area (Å²) < 4.78 is 10.5. The fourth-order valence-corrected chi connectivity index (χ4v) is 2.00. The molecule has 1 aliphatic heterocycles. The smallest absolute Gasteiger partial charge is 0.251 e. The number of ether oxygens (including phenoxy) is 2. The van der Waals surface area contributed by atoms with Gasteiger partial charge in [0, 0.05) is 25.2 Å². The molecule has 1 amide bonds. The summed E-state index contributed by atoms with van der Waals surface area (Å²) in [4.78, 5) is 11.8. The minimum atomic E-state index is -0.0332. The van der Waals surface area contributed by atoms with Crippen LogP contribution >= 0.6 is 0 Å². The van der Waals surface area contributed by atoms with Crippen molar-refractivity contribution in [1.82, 2.24) is 10.6 Å². The molecule has 2 rings (SSSR count). The predicted molar refractivity (Wildman–Crippen MR) is 76.7 cm³/mol. The van der Waals surface area contributed by atoms with Gasteiger partial charge in [-0.15, -0.1) is 0 Å². The van der Waals surface area contributed by atoms with E-state index in [4.69, 9.17) is 9.47 Å². The van der Waals surface area contributed by atoms with E-state index in [0.29, 0.717) is 18.9 Å². The lowest BCUT2D eigenvalue weighted by atomic mass is 10.1. The lowest BCUT2D eigenvalue weighted by molar-refractivity contribution is -0.137. The van der Waals surface area contributed by atoms with Crippen LogP contribution in [-0.2, 0) is 9.47 Å². The van der Waals surface area contributed by atoms with E-state index in [0.717, 1.165) is 31.7 Å². The van der Waals surface area contributed by atoms with Gasteiger partial charge in [-0.05, 0) is 25.5 Å². The molecule has 1 saturated heterocycles. The third kappa shape index (κ3) is 4.92. The number of nitrogens with one attached hydrogen (secondary N) is 2. The van der Waals surface area contributed by atoms with Crippen molar-refractivity contribution in [3.8, 4) is 0 Å².